The minimum absolute atomic E-state index is 0. The molecular weight excluding hydrogens is 439 g/mol. The largest absolute Gasteiger partial charge is 0.492 e. The molecule has 0 aliphatic heterocycles. The first kappa shape index (κ1) is 25.0. The Bertz CT molecular complexity index is 501. The maximum Gasteiger partial charge on any atom is 0.191 e. The number of aliphatic imine (C=N–C) groups is 1. The highest BCUT2D eigenvalue weighted by Crippen LogP contribution is 2.12. The number of halogens is 1. The third-order valence-electron chi connectivity index (χ3n) is 4.54. The predicted molar refractivity (Wildman–Crippen MR) is 123 cm³/mol. The molecule has 0 saturated heterocycles. The van der Waals surface area contributed by atoms with Gasteiger partial charge in [-0.15, -0.1) is 24.0 Å². The quantitative estimate of drug-likeness (QED) is 0.307. The van der Waals surface area contributed by atoms with E-state index in [0.29, 0.717) is 12.0 Å². The van der Waals surface area contributed by atoms with Crippen molar-refractivity contribution in [1.29, 1.82) is 0 Å². The first-order valence-corrected chi connectivity index (χ1v) is 9.41. The van der Waals surface area contributed by atoms with Gasteiger partial charge in [-0.2, -0.15) is 0 Å². The van der Waals surface area contributed by atoms with Crippen LogP contribution in [0, 0.1) is 5.92 Å². The molecule has 0 saturated carbocycles. The summed E-state index contributed by atoms with van der Waals surface area (Å²) in [6.45, 7) is 15.5. The summed E-state index contributed by atoms with van der Waals surface area (Å²) in [6.07, 6.45) is 0. The van der Waals surface area contributed by atoms with Crippen LogP contribution in [-0.2, 0) is 6.54 Å². The fraction of sp³-hybridized carbons (Fsp3) is 0.650. The van der Waals surface area contributed by atoms with Gasteiger partial charge < -0.3 is 20.3 Å². The Morgan fingerprint density at radius 1 is 1.12 bits per heavy atom. The van der Waals surface area contributed by atoms with Gasteiger partial charge in [-0.05, 0) is 43.6 Å². The average molecular weight is 476 g/mol. The molecule has 6 heteroatoms. The van der Waals surface area contributed by atoms with Gasteiger partial charge in [-0.25, -0.2) is 0 Å². The van der Waals surface area contributed by atoms with Crippen molar-refractivity contribution >= 4 is 29.9 Å². The van der Waals surface area contributed by atoms with Gasteiger partial charge in [0.05, 0.1) is 0 Å². The normalized spacial score (nSPS) is 12.7. The van der Waals surface area contributed by atoms with Crippen LogP contribution in [0.4, 0.5) is 0 Å². The van der Waals surface area contributed by atoms with Gasteiger partial charge in [0.2, 0.25) is 0 Å². The summed E-state index contributed by atoms with van der Waals surface area (Å²) in [6, 6.07) is 8.64. The van der Waals surface area contributed by atoms with Crippen molar-refractivity contribution in [3.8, 4) is 5.75 Å². The van der Waals surface area contributed by atoms with Crippen molar-refractivity contribution in [1.82, 2.24) is 15.5 Å². The highest BCUT2D eigenvalue weighted by atomic mass is 127. The first-order chi connectivity index (χ1) is 12.0. The lowest BCUT2D eigenvalue weighted by molar-refractivity contribution is 0.223. The zero-order valence-corrected chi connectivity index (χ0v) is 19.5. The van der Waals surface area contributed by atoms with Gasteiger partial charge in [0.1, 0.15) is 12.4 Å². The smallest absolute Gasteiger partial charge is 0.191 e. The van der Waals surface area contributed by atoms with Crippen LogP contribution in [0.15, 0.2) is 29.3 Å². The van der Waals surface area contributed by atoms with E-state index >= 15 is 0 Å². The number of ether oxygens (including phenoxy) is 1. The van der Waals surface area contributed by atoms with Crippen molar-refractivity contribution in [2.45, 2.75) is 47.2 Å². The summed E-state index contributed by atoms with van der Waals surface area (Å²) in [5.74, 6) is 2.32. The molecule has 0 aromatic heterocycles. The van der Waals surface area contributed by atoms with E-state index in [1.165, 1.54) is 5.56 Å². The number of guanidine groups is 1. The van der Waals surface area contributed by atoms with Gasteiger partial charge in [0.25, 0.3) is 0 Å². The minimum atomic E-state index is 0. The molecule has 150 valence electrons. The van der Waals surface area contributed by atoms with Crippen LogP contribution in [-0.4, -0.2) is 50.2 Å². The molecule has 0 radical (unpaired) electrons. The van der Waals surface area contributed by atoms with Crippen LogP contribution in [0.25, 0.3) is 0 Å². The Morgan fingerprint density at radius 2 is 1.73 bits per heavy atom. The Kier molecular flexibility index (Phi) is 13.5. The van der Waals surface area contributed by atoms with Crippen LogP contribution >= 0.6 is 24.0 Å². The van der Waals surface area contributed by atoms with Crippen LogP contribution in [0.3, 0.4) is 0 Å². The number of hydrogen-bond acceptors (Lipinski definition) is 3. The summed E-state index contributed by atoms with van der Waals surface area (Å²) in [7, 11) is 1.80. The van der Waals surface area contributed by atoms with Crippen LogP contribution in [0.2, 0.25) is 0 Å². The molecule has 26 heavy (non-hydrogen) atoms. The van der Waals surface area contributed by atoms with E-state index < -0.39 is 0 Å². The summed E-state index contributed by atoms with van der Waals surface area (Å²) >= 11 is 0. The van der Waals surface area contributed by atoms with Gasteiger partial charge in [0, 0.05) is 26.2 Å². The van der Waals surface area contributed by atoms with E-state index in [1.807, 2.05) is 12.1 Å². The maximum atomic E-state index is 5.82. The van der Waals surface area contributed by atoms with E-state index in [4.69, 9.17) is 4.74 Å². The molecule has 0 fully saturated rings. The third kappa shape index (κ3) is 9.62. The van der Waals surface area contributed by atoms with Gasteiger partial charge >= 0.3 is 0 Å². The van der Waals surface area contributed by atoms with E-state index in [2.05, 4.69) is 67.3 Å². The molecule has 0 bridgehead atoms. The van der Waals surface area contributed by atoms with Gasteiger partial charge in [-0.1, -0.05) is 39.8 Å². The number of hydrogen-bond donors (Lipinski definition) is 2. The fourth-order valence-corrected chi connectivity index (χ4v) is 2.30. The molecule has 1 atom stereocenters. The van der Waals surface area contributed by atoms with E-state index in [-0.39, 0.29) is 24.0 Å². The lowest BCUT2D eigenvalue weighted by Gasteiger charge is -2.21. The number of likely N-dealkylation sites (N-methyl/N-ethyl adjacent to an activating group) is 1. The van der Waals surface area contributed by atoms with Gasteiger partial charge in [-0.3, -0.25) is 4.99 Å². The Hall–Kier alpha value is -1.02. The highest BCUT2D eigenvalue weighted by molar-refractivity contribution is 14.0. The van der Waals surface area contributed by atoms with Crippen LogP contribution < -0.4 is 15.4 Å². The lowest BCUT2D eigenvalue weighted by Crippen LogP contribution is -2.43. The SMILES string of the molecule is CCN(CC)CCOc1ccc(CNC(=NC)NC(C)C(C)C)cc1.I. The number of benzene rings is 1. The molecule has 1 aromatic rings. The summed E-state index contributed by atoms with van der Waals surface area (Å²) < 4.78 is 5.82. The summed E-state index contributed by atoms with van der Waals surface area (Å²) in [4.78, 5) is 6.64. The molecule has 0 spiro atoms. The lowest BCUT2D eigenvalue weighted by atomic mass is 10.1. The van der Waals surface area contributed by atoms with Crippen molar-refractivity contribution in [2.24, 2.45) is 10.9 Å². The average Bonchev–Trinajstić information content (AvgIpc) is 2.63. The molecule has 0 heterocycles. The van der Waals surface area contributed by atoms with E-state index in [9.17, 15) is 0 Å². The molecule has 2 N–H and O–H groups in total. The Balaban J connectivity index is 0.00000625. The third-order valence-corrected chi connectivity index (χ3v) is 4.54. The van der Waals surface area contributed by atoms with Gasteiger partial charge in [0.15, 0.2) is 5.96 Å². The zero-order valence-electron chi connectivity index (χ0n) is 17.2. The second-order valence-corrected chi connectivity index (χ2v) is 6.62. The van der Waals surface area contributed by atoms with E-state index in [0.717, 1.165) is 44.5 Å². The van der Waals surface area contributed by atoms with E-state index in [1.54, 1.807) is 7.05 Å². The second kappa shape index (κ2) is 14.1. The number of rotatable bonds is 10. The molecular formula is C20H37IN4O. The van der Waals surface area contributed by atoms with Crippen molar-refractivity contribution in [3.05, 3.63) is 29.8 Å². The maximum absolute atomic E-state index is 5.82. The van der Waals surface area contributed by atoms with Crippen LogP contribution in [0.1, 0.15) is 40.2 Å². The molecule has 1 unspecified atom stereocenters. The fourth-order valence-electron chi connectivity index (χ4n) is 2.30. The predicted octanol–water partition coefficient (Wildman–Crippen LogP) is 3.73. The Morgan fingerprint density at radius 3 is 2.23 bits per heavy atom. The second-order valence-electron chi connectivity index (χ2n) is 6.62. The number of nitrogens with one attached hydrogen (secondary N) is 2. The molecule has 0 aliphatic carbocycles. The van der Waals surface area contributed by atoms with Crippen molar-refractivity contribution < 1.29 is 4.74 Å². The molecule has 1 rings (SSSR count). The highest BCUT2D eigenvalue weighted by Gasteiger charge is 2.08. The summed E-state index contributed by atoms with van der Waals surface area (Å²) in [5.41, 5.74) is 1.20. The Labute approximate surface area is 177 Å². The topological polar surface area (TPSA) is 48.9 Å². The zero-order chi connectivity index (χ0) is 18.7. The van der Waals surface area contributed by atoms with Crippen molar-refractivity contribution in [3.63, 3.8) is 0 Å². The molecule has 0 aliphatic rings. The summed E-state index contributed by atoms with van der Waals surface area (Å²) in [5, 5.41) is 6.76. The minimum Gasteiger partial charge on any atom is -0.492 e. The standard InChI is InChI=1S/C20H36N4O.HI/c1-7-24(8-2)13-14-25-19-11-9-18(10-12-19)15-22-20(21-6)23-17(5)16(3)4;/h9-12,16-17H,7-8,13-15H2,1-6H3,(H2,21,22,23);1H. The van der Waals surface area contributed by atoms with Crippen LogP contribution in [0.5, 0.6) is 5.75 Å². The first-order valence-electron chi connectivity index (χ1n) is 9.41. The molecule has 5 nitrogen and oxygen atoms in total. The molecule has 1 aromatic carbocycles. The van der Waals surface area contributed by atoms with Crippen molar-refractivity contribution in [2.75, 3.05) is 33.3 Å². The monoisotopic (exact) mass is 476 g/mol. The number of nitrogens with zero attached hydrogens (tertiary/aromatic N) is 2. The molecule has 0 amide bonds.